The zero-order valence-electron chi connectivity index (χ0n) is 9.05. The number of carbonyl (C=O) groups excluding carboxylic acids is 1. The van der Waals surface area contributed by atoms with Gasteiger partial charge < -0.3 is 0 Å². The number of aromatic nitrogens is 3. The van der Waals surface area contributed by atoms with Gasteiger partial charge in [-0.15, -0.1) is 5.10 Å². The fourth-order valence-corrected chi connectivity index (χ4v) is 1.96. The number of hydrogen-bond acceptors (Lipinski definition) is 3. The number of aldehydes is 1. The van der Waals surface area contributed by atoms with Crippen LogP contribution < -0.4 is 0 Å². The zero-order valence-corrected chi connectivity index (χ0v) is 10.6. The van der Waals surface area contributed by atoms with Gasteiger partial charge in [0.2, 0.25) is 0 Å². The van der Waals surface area contributed by atoms with Crippen LogP contribution in [0.2, 0.25) is 0 Å². The summed E-state index contributed by atoms with van der Waals surface area (Å²) >= 11 is 3.32. The van der Waals surface area contributed by atoms with Crippen molar-refractivity contribution in [2.24, 2.45) is 0 Å². The molecular weight excluding hydrogens is 308 g/mol. The van der Waals surface area contributed by atoms with Gasteiger partial charge in [0.1, 0.15) is 5.69 Å². The molecule has 0 aliphatic carbocycles. The second-order valence-corrected chi connectivity index (χ2v) is 4.38. The first kappa shape index (κ1) is 12.8. The van der Waals surface area contributed by atoms with Crippen molar-refractivity contribution in [2.45, 2.75) is 13.0 Å². The van der Waals surface area contributed by atoms with E-state index in [4.69, 9.17) is 0 Å². The van der Waals surface area contributed by atoms with E-state index in [1.807, 2.05) is 6.07 Å². The van der Waals surface area contributed by atoms with Crippen molar-refractivity contribution in [3.8, 4) is 0 Å². The minimum Gasteiger partial charge on any atom is -0.296 e. The number of halogens is 3. The quantitative estimate of drug-likeness (QED) is 0.815. The highest BCUT2D eigenvalue weighted by Crippen LogP contribution is 2.23. The van der Waals surface area contributed by atoms with Crippen LogP contribution in [0.25, 0.3) is 0 Å². The molecule has 0 saturated heterocycles. The lowest BCUT2D eigenvalue weighted by atomic mass is 10.2. The fourth-order valence-electron chi connectivity index (χ4n) is 1.55. The van der Waals surface area contributed by atoms with Gasteiger partial charge in [-0.3, -0.25) is 4.79 Å². The van der Waals surface area contributed by atoms with E-state index < -0.39 is 12.1 Å². The highest BCUT2D eigenvalue weighted by atomic mass is 79.9. The molecule has 2 rings (SSSR count). The van der Waals surface area contributed by atoms with Crippen LogP contribution in [0.4, 0.5) is 8.78 Å². The lowest BCUT2D eigenvalue weighted by molar-refractivity contribution is 0.109. The molecule has 0 radical (unpaired) electrons. The van der Waals surface area contributed by atoms with Crippen LogP contribution in [-0.4, -0.2) is 21.3 Å². The second-order valence-electron chi connectivity index (χ2n) is 3.53. The van der Waals surface area contributed by atoms with Gasteiger partial charge in [0.15, 0.2) is 12.0 Å². The van der Waals surface area contributed by atoms with Gasteiger partial charge in [-0.2, -0.15) is 0 Å². The summed E-state index contributed by atoms with van der Waals surface area (Å²) in [5, 5.41) is 7.01. The van der Waals surface area contributed by atoms with Crippen LogP contribution in [0.1, 0.15) is 28.2 Å². The Morgan fingerprint density at radius 1 is 1.39 bits per heavy atom. The molecule has 0 aliphatic rings. The minimum atomic E-state index is -2.79. The van der Waals surface area contributed by atoms with E-state index in [0.717, 1.165) is 14.7 Å². The van der Waals surface area contributed by atoms with Crippen molar-refractivity contribution in [3.63, 3.8) is 0 Å². The first-order valence-electron chi connectivity index (χ1n) is 5.03. The van der Waals surface area contributed by atoms with Crippen LogP contribution in [0.5, 0.6) is 0 Å². The molecule has 0 bridgehead atoms. The number of nitrogens with zero attached hydrogens (tertiary/aromatic N) is 3. The van der Waals surface area contributed by atoms with E-state index >= 15 is 0 Å². The van der Waals surface area contributed by atoms with Crippen molar-refractivity contribution in [2.75, 3.05) is 0 Å². The number of alkyl halides is 2. The Hall–Kier alpha value is -1.63. The van der Waals surface area contributed by atoms with Gasteiger partial charge in [-0.1, -0.05) is 39.3 Å². The topological polar surface area (TPSA) is 47.8 Å². The van der Waals surface area contributed by atoms with Gasteiger partial charge in [-0.25, -0.2) is 13.5 Å². The maximum atomic E-state index is 12.8. The van der Waals surface area contributed by atoms with Gasteiger partial charge >= 0.3 is 0 Å². The minimum absolute atomic E-state index is 0.127. The normalized spacial score (nSPS) is 10.9. The lowest BCUT2D eigenvalue weighted by Crippen LogP contribution is -2.08. The SMILES string of the molecule is O=Cc1nnn(Cc2ccccc2Br)c1C(F)F. The van der Waals surface area contributed by atoms with Gasteiger partial charge in [0.05, 0.1) is 6.54 Å². The first-order chi connectivity index (χ1) is 8.63. The molecule has 2 aromatic rings. The van der Waals surface area contributed by atoms with Crippen molar-refractivity contribution in [3.05, 3.63) is 45.7 Å². The molecule has 1 aromatic carbocycles. The number of hydrogen-bond donors (Lipinski definition) is 0. The summed E-state index contributed by atoms with van der Waals surface area (Å²) in [7, 11) is 0. The molecule has 0 N–H and O–H groups in total. The summed E-state index contributed by atoms with van der Waals surface area (Å²) in [6.07, 6.45) is -2.51. The molecule has 1 aromatic heterocycles. The van der Waals surface area contributed by atoms with E-state index in [2.05, 4.69) is 26.2 Å². The summed E-state index contributed by atoms with van der Waals surface area (Å²) in [6.45, 7) is 0.127. The van der Waals surface area contributed by atoms with E-state index in [0.29, 0.717) is 0 Å². The highest BCUT2D eigenvalue weighted by molar-refractivity contribution is 9.10. The summed E-state index contributed by atoms with van der Waals surface area (Å²) in [5.41, 5.74) is -0.000411. The van der Waals surface area contributed by atoms with Crippen LogP contribution in [0.15, 0.2) is 28.7 Å². The maximum Gasteiger partial charge on any atom is 0.282 e. The average molecular weight is 316 g/mol. The number of carbonyl (C=O) groups is 1. The maximum absolute atomic E-state index is 12.8. The Morgan fingerprint density at radius 3 is 2.72 bits per heavy atom. The molecular formula is C11H8BrF2N3O. The molecule has 7 heteroatoms. The van der Waals surface area contributed by atoms with E-state index in [1.165, 1.54) is 0 Å². The standard InChI is InChI=1S/C11H8BrF2N3O/c12-8-4-2-1-3-7(8)5-17-10(11(13)14)9(6-18)15-16-17/h1-4,6,11H,5H2. The lowest BCUT2D eigenvalue weighted by Gasteiger charge is -2.07. The molecule has 0 unspecified atom stereocenters. The van der Waals surface area contributed by atoms with Crippen LogP contribution in [0, 0.1) is 0 Å². The smallest absolute Gasteiger partial charge is 0.282 e. The van der Waals surface area contributed by atoms with Gasteiger partial charge in [0.25, 0.3) is 6.43 Å². The molecule has 0 spiro atoms. The van der Waals surface area contributed by atoms with E-state index in [1.54, 1.807) is 18.2 Å². The predicted octanol–water partition coefficient (Wildman–Crippen LogP) is 2.84. The second kappa shape index (κ2) is 5.34. The molecule has 94 valence electrons. The molecule has 0 fully saturated rings. The summed E-state index contributed by atoms with van der Waals surface area (Å²) in [4.78, 5) is 10.6. The Bertz CT molecular complexity index is 571. The largest absolute Gasteiger partial charge is 0.296 e. The summed E-state index contributed by atoms with van der Waals surface area (Å²) < 4.78 is 27.5. The molecule has 0 atom stereocenters. The molecule has 0 saturated carbocycles. The Morgan fingerprint density at radius 2 is 2.11 bits per heavy atom. The van der Waals surface area contributed by atoms with Crippen molar-refractivity contribution in [1.82, 2.24) is 15.0 Å². The zero-order chi connectivity index (χ0) is 13.1. The third-order valence-electron chi connectivity index (χ3n) is 2.40. The number of rotatable bonds is 4. The van der Waals surface area contributed by atoms with E-state index in [9.17, 15) is 13.6 Å². The van der Waals surface area contributed by atoms with Crippen LogP contribution in [-0.2, 0) is 6.54 Å². The van der Waals surface area contributed by atoms with Crippen LogP contribution >= 0.6 is 15.9 Å². The Labute approximate surface area is 110 Å². The van der Waals surface area contributed by atoms with Crippen molar-refractivity contribution in [1.29, 1.82) is 0 Å². The third-order valence-corrected chi connectivity index (χ3v) is 3.17. The Kier molecular flexibility index (Phi) is 3.81. The molecule has 0 amide bonds. The molecule has 1 heterocycles. The summed E-state index contributed by atoms with van der Waals surface area (Å²) in [5.74, 6) is 0. The van der Waals surface area contributed by atoms with Gasteiger partial charge in [0, 0.05) is 4.47 Å². The first-order valence-corrected chi connectivity index (χ1v) is 5.83. The molecule has 4 nitrogen and oxygen atoms in total. The fraction of sp³-hybridized carbons (Fsp3) is 0.182. The van der Waals surface area contributed by atoms with Crippen molar-refractivity contribution >= 4 is 22.2 Å². The summed E-state index contributed by atoms with van der Waals surface area (Å²) in [6, 6.07) is 7.19. The molecule has 0 aliphatic heterocycles. The predicted molar refractivity (Wildman–Crippen MR) is 63.6 cm³/mol. The molecule has 18 heavy (non-hydrogen) atoms. The third kappa shape index (κ3) is 2.45. The van der Waals surface area contributed by atoms with Crippen LogP contribution in [0.3, 0.4) is 0 Å². The van der Waals surface area contributed by atoms with E-state index in [-0.39, 0.29) is 18.5 Å². The van der Waals surface area contributed by atoms with Crippen molar-refractivity contribution < 1.29 is 13.6 Å². The monoisotopic (exact) mass is 315 g/mol. The average Bonchev–Trinajstić information content (AvgIpc) is 2.75. The van der Waals surface area contributed by atoms with Gasteiger partial charge in [-0.05, 0) is 11.6 Å². The Balaban J connectivity index is 2.38. The number of benzene rings is 1. The highest BCUT2D eigenvalue weighted by Gasteiger charge is 2.21.